The number of benzene rings is 2. The number of carbonyl (C=O) groups excluding carboxylic acids is 1. The fraction of sp³-hybridized carbons (Fsp3) is 0.364. The van der Waals surface area contributed by atoms with Crippen molar-refractivity contribution in [2.45, 2.75) is 37.1 Å². The summed E-state index contributed by atoms with van der Waals surface area (Å²) in [7, 11) is 0. The third-order valence-electron chi connectivity index (χ3n) is 5.98. The Bertz CT molecular complexity index is 848. The average molecular weight is 365 g/mol. The largest absolute Gasteiger partial charge is 0.481 e. The Morgan fingerprint density at radius 2 is 1.63 bits per heavy atom. The number of fused-ring (bicyclic) bond motifs is 3. The number of ether oxygens (including phenoxy) is 1. The second-order valence-electron chi connectivity index (χ2n) is 7.50. The number of nitrogens with two attached hydrogens (primary N) is 1. The molecule has 2 aliphatic rings. The van der Waals surface area contributed by atoms with E-state index in [0.29, 0.717) is 12.8 Å². The molecule has 0 saturated heterocycles. The molecule has 2 aromatic carbocycles. The van der Waals surface area contributed by atoms with E-state index in [9.17, 15) is 14.7 Å². The van der Waals surface area contributed by atoms with Gasteiger partial charge in [-0.1, -0.05) is 61.4 Å². The normalized spacial score (nSPS) is 24.1. The zero-order valence-electron chi connectivity index (χ0n) is 15.1. The average Bonchev–Trinajstić information content (AvgIpc) is 3.00. The lowest BCUT2D eigenvalue weighted by atomic mass is 9.73. The van der Waals surface area contributed by atoms with Gasteiger partial charge in [0.15, 0.2) is 0 Å². The number of carboxylic acid groups (broad SMARTS) is 1. The topological polar surface area (TPSA) is 89.6 Å². The van der Waals surface area contributed by atoms with Crippen LogP contribution in [0.3, 0.4) is 0 Å². The zero-order valence-corrected chi connectivity index (χ0v) is 15.1. The molecule has 2 atom stereocenters. The van der Waals surface area contributed by atoms with Crippen molar-refractivity contribution < 1.29 is 19.4 Å². The quantitative estimate of drug-likeness (QED) is 0.812. The highest BCUT2D eigenvalue weighted by atomic mass is 16.5. The van der Waals surface area contributed by atoms with Crippen LogP contribution in [0.1, 0.15) is 42.7 Å². The van der Waals surface area contributed by atoms with Crippen LogP contribution < -0.4 is 5.73 Å². The van der Waals surface area contributed by atoms with Crippen molar-refractivity contribution in [2.75, 3.05) is 6.61 Å². The predicted octanol–water partition coefficient (Wildman–Crippen LogP) is 3.31. The number of hydrogen-bond donors (Lipinski definition) is 2. The first-order valence-electron chi connectivity index (χ1n) is 9.39. The molecule has 0 spiro atoms. The van der Waals surface area contributed by atoms with E-state index in [1.54, 1.807) is 0 Å². The molecule has 0 heterocycles. The summed E-state index contributed by atoms with van der Waals surface area (Å²) in [6, 6.07) is 16.2. The van der Waals surface area contributed by atoms with Crippen molar-refractivity contribution in [1.29, 1.82) is 0 Å². The van der Waals surface area contributed by atoms with Crippen LogP contribution in [0.25, 0.3) is 11.1 Å². The molecule has 3 N–H and O–H groups in total. The first kappa shape index (κ1) is 17.7. The van der Waals surface area contributed by atoms with Crippen LogP contribution >= 0.6 is 0 Å². The molecule has 0 aromatic heterocycles. The van der Waals surface area contributed by atoms with Crippen molar-refractivity contribution in [2.24, 2.45) is 11.7 Å². The Labute approximate surface area is 158 Å². The second kappa shape index (κ2) is 6.82. The summed E-state index contributed by atoms with van der Waals surface area (Å²) in [6.45, 7) is 0.165. The molecular formula is C22H23NO4. The van der Waals surface area contributed by atoms with Gasteiger partial charge in [0.25, 0.3) is 0 Å². The number of carboxylic acids is 1. The van der Waals surface area contributed by atoms with Crippen molar-refractivity contribution in [3.8, 4) is 11.1 Å². The summed E-state index contributed by atoms with van der Waals surface area (Å²) in [5, 5.41) is 9.48. The van der Waals surface area contributed by atoms with E-state index in [-0.39, 0.29) is 12.5 Å². The number of hydrogen-bond acceptors (Lipinski definition) is 4. The third-order valence-corrected chi connectivity index (χ3v) is 5.98. The van der Waals surface area contributed by atoms with Gasteiger partial charge in [0, 0.05) is 5.92 Å². The number of rotatable bonds is 4. The number of carbonyl (C=O) groups is 2. The molecule has 0 aliphatic heterocycles. The van der Waals surface area contributed by atoms with E-state index in [1.807, 2.05) is 36.4 Å². The molecule has 1 saturated carbocycles. The molecule has 0 bridgehead atoms. The van der Waals surface area contributed by atoms with Gasteiger partial charge < -0.3 is 15.6 Å². The molecule has 0 amide bonds. The summed E-state index contributed by atoms with van der Waals surface area (Å²) in [6.07, 6.45) is 2.27. The van der Waals surface area contributed by atoms with E-state index in [1.165, 1.54) is 0 Å². The van der Waals surface area contributed by atoms with E-state index >= 15 is 0 Å². The van der Waals surface area contributed by atoms with Gasteiger partial charge in [-0.05, 0) is 35.1 Å². The maximum Gasteiger partial charge on any atom is 0.327 e. The van der Waals surface area contributed by atoms with E-state index < -0.39 is 23.4 Å². The molecule has 1 fully saturated rings. The van der Waals surface area contributed by atoms with Crippen LogP contribution in [0.15, 0.2) is 48.5 Å². The molecule has 2 aromatic rings. The van der Waals surface area contributed by atoms with Crippen LogP contribution in [-0.2, 0) is 14.3 Å². The van der Waals surface area contributed by atoms with Crippen molar-refractivity contribution in [3.63, 3.8) is 0 Å². The molecule has 0 unspecified atom stereocenters. The highest BCUT2D eigenvalue weighted by Gasteiger charge is 2.49. The third kappa shape index (κ3) is 2.92. The Morgan fingerprint density at radius 3 is 2.22 bits per heavy atom. The van der Waals surface area contributed by atoms with Gasteiger partial charge >= 0.3 is 11.9 Å². The maximum absolute atomic E-state index is 12.8. The Kier molecular flexibility index (Phi) is 4.48. The summed E-state index contributed by atoms with van der Waals surface area (Å²) in [4.78, 5) is 24.4. The fourth-order valence-electron chi connectivity index (χ4n) is 4.52. The van der Waals surface area contributed by atoms with E-state index in [0.717, 1.165) is 35.1 Å². The summed E-state index contributed by atoms with van der Waals surface area (Å²) < 4.78 is 5.64. The van der Waals surface area contributed by atoms with Crippen molar-refractivity contribution in [3.05, 3.63) is 59.7 Å². The Balaban J connectivity index is 1.57. The Hall–Kier alpha value is -2.66. The lowest BCUT2D eigenvalue weighted by Crippen LogP contribution is -2.59. The second-order valence-corrected chi connectivity index (χ2v) is 7.50. The molecule has 4 rings (SSSR count). The molecule has 27 heavy (non-hydrogen) atoms. The molecule has 0 radical (unpaired) electrons. The Morgan fingerprint density at radius 1 is 1.04 bits per heavy atom. The molecule has 2 aliphatic carbocycles. The molecule has 140 valence electrons. The summed E-state index contributed by atoms with van der Waals surface area (Å²) >= 11 is 0. The van der Waals surface area contributed by atoms with Gasteiger partial charge in [0.05, 0.1) is 5.92 Å². The van der Waals surface area contributed by atoms with Gasteiger partial charge in [0.2, 0.25) is 0 Å². The van der Waals surface area contributed by atoms with Crippen LogP contribution in [0.5, 0.6) is 0 Å². The maximum atomic E-state index is 12.8. The minimum atomic E-state index is -1.44. The highest BCUT2D eigenvalue weighted by Crippen LogP contribution is 2.44. The molecule has 5 nitrogen and oxygen atoms in total. The van der Waals surface area contributed by atoms with Gasteiger partial charge in [-0.15, -0.1) is 0 Å². The lowest BCUT2D eigenvalue weighted by molar-refractivity contribution is -0.162. The predicted molar refractivity (Wildman–Crippen MR) is 101 cm³/mol. The standard InChI is InChI=1S/C22H23NO4/c23-22(12-6-5-11-19(22)20(24)25)21(26)27-13-18-16-9-3-1-7-14(16)15-8-2-4-10-17(15)18/h1-4,7-10,18-19H,5-6,11-13,23H2,(H,24,25)/t19-,22-/m1/s1. The first-order chi connectivity index (χ1) is 13.0. The van der Waals surface area contributed by atoms with Crippen LogP contribution in [0.4, 0.5) is 0 Å². The van der Waals surface area contributed by atoms with Gasteiger partial charge in [-0.25, -0.2) is 0 Å². The first-order valence-corrected chi connectivity index (χ1v) is 9.39. The van der Waals surface area contributed by atoms with E-state index in [2.05, 4.69) is 12.1 Å². The van der Waals surface area contributed by atoms with Gasteiger partial charge in [-0.2, -0.15) is 0 Å². The monoisotopic (exact) mass is 365 g/mol. The lowest BCUT2D eigenvalue weighted by Gasteiger charge is -2.36. The van der Waals surface area contributed by atoms with Crippen LogP contribution in [-0.4, -0.2) is 29.2 Å². The molecule has 5 heteroatoms. The SMILES string of the molecule is N[C@]1(C(=O)OCC2c3ccccc3-c3ccccc32)CCCC[C@@H]1C(=O)O. The number of esters is 1. The minimum Gasteiger partial charge on any atom is -0.481 e. The summed E-state index contributed by atoms with van der Waals surface area (Å²) in [5.74, 6) is -2.57. The van der Waals surface area contributed by atoms with Crippen LogP contribution in [0, 0.1) is 5.92 Å². The fourth-order valence-corrected chi connectivity index (χ4v) is 4.52. The van der Waals surface area contributed by atoms with Crippen LogP contribution in [0.2, 0.25) is 0 Å². The van der Waals surface area contributed by atoms with Gasteiger partial charge in [-0.3, -0.25) is 9.59 Å². The van der Waals surface area contributed by atoms with Gasteiger partial charge in [0.1, 0.15) is 12.1 Å². The molecular weight excluding hydrogens is 342 g/mol. The summed E-state index contributed by atoms with van der Waals surface area (Å²) in [5.41, 5.74) is 9.37. The minimum absolute atomic E-state index is 0.0585. The highest BCUT2D eigenvalue weighted by molar-refractivity contribution is 5.88. The van der Waals surface area contributed by atoms with Crippen molar-refractivity contribution in [1.82, 2.24) is 0 Å². The smallest absolute Gasteiger partial charge is 0.327 e. The zero-order chi connectivity index (χ0) is 19.0. The van der Waals surface area contributed by atoms with Crippen molar-refractivity contribution >= 4 is 11.9 Å². The number of aliphatic carboxylic acids is 1. The van der Waals surface area contributed by atoms with E-state index in [4.69, 9.17) is 10.5 Å².